The van der Waals surface area contributed by atoms with Crippen LogP contribution in [0.15, 0.2) is 53.4 Å². The van der Waals surface area contributed by atoms with E-state index >= 15 is 0 Å². The largest absolute Gasteiger partial charge is 0.352 e. The second-order valence-corrected chi connectivity index (χ2v) is 7.96. The Kier molecular flexibility index (Phi) is 6.15. The lowest BCUT2D eigenvalue weighted by atomic mass is 10.1. The number of hydrogen-bond donors (Lipinski definition) is 1. The molecule has 0 unspecified atom stereocenters. The number of hydrogen-bond acceptors (Lipinski definition) is 3. The fourth-order valence-electron chi connectivity index (χ4n) is 2.47. The summed E-state index contributed by atoms with van der Waals surface area (Å²) in [5, 5.41) is 2.87. The van der Waals surface area contributed by atoms with Gasteiger partial charge in [-0.1, -0.05) is 36.4 Å². The zero-order valence-corrected chi connectivity index (χ0v) is 14.9. The van der Waals surface area contributed by atoms with Gasteiger partial charge in [0.2, 0.25) is 0 Å². The molecule has 128 valence electrons. The van der Waals surface area contributed by atoms with Gasteiger partial charge in [0.1, 0.15) is 0 Å². The molecule has 2 rings (SSSR count). The molecule has 0 bridgehead atoms. The van der Waals surface area contributed by atoms with E-state index in [0.717, 1.165) is 31.1 Å². The number of carbonyl (C=O) groups excluding carboxylic acids is 1. The average molecular weight is 345 g/mol. The molecule has 0 heterocycles. The number of nitrogens with one attached hydrogen (secondary N) is 1. The van der Waals surface area contributed by atoms with E-state index in [2.05, 4.69) is 17.4 Å². The molecule has 0 aliphatic rings. The van der Waals surface area contributed by atoms with Crippen molar-refractivity contribution in [2.75, 3.05) is 12.8 Å². The fraction of sp³-hybridized carbons (Fsp3) is 0.316. The number of amides is 1. The Labute approximate surface area is 143 Å². The number of unbranched alkanes of at least 4 members (excludes halogenated alkanes) is 1. The number of benzene rings is 2. The van der Waals surface area contributed by atoms with Gasteiger partial charge in [-0.25, -0.2) is 8.42 Å². The Balaban J connectivity index is 1.86. The Hall–Kier alpha value is -2.14. The van der Waals surface area contributed by atoms with Crippen LogP contribution in [-0.4, -0.2) is 27.1 Å². The third kappa shape index (κ3) is 5.20. The van der Waals surface area contributed by atoms with E-state index in [0.29, 0.717) is 12.1 Å². The number of sulfone groups is 1. The molecule has 2 aromatic rings. The molecule has 0 saturated heterocycles. The second-order valence-electron chi connectivity index (χ2n) is 5.95. The summed E-state index contributed by atoms with van der Waals surface area (Å²) in [6, 6.07) is 14.9. The Bertz CT molecular complexity index is 799. The molecule has 5 heteroatoms. The molecule has 0 saturated carbocycles. The van der Waals surface area contributed by atoms with Gasteiger partial charge in [-0.05, 0) is 49.4 Å². The zero-order chi connectivity index (χ0) is 17.6. The highest BCUT2D eigenvalue weighted by Gasteiger charge is 2.14. The minimum Gasteiger partial charge on any atom is -0.352 e. The van der Waals surface area contributed by atoms with Gasteiger partial charge in [0.05, 0.1) is 4.90 Å². The van der Waals surface area contributed by atoms with Crippen molar-refractivity contribution in [3.05, 3.63) is 65.2 Å². The molecule has 0 spiro atoms. The lowest BCUT2D eigenvalue weighted by Gasteiger charge is -2.09. The van der Waals surface area contributed by atoms with Gasteiger partial charge in [0.25, 0.3) is 5.91 Å². The summed E-state index contributed by atoms with van der Waals surface area (Å²) in [6.45, 7) is 2.38. The first-order chi connectivity index (χ1) is 11.4. The monoisotopic (exact) mass is 345 g/mol. The molecule has 0 aliphatic heterocycles. The first-order valence-corrected chi connectivity index (χ1v) is 9.90. The maximum absolute atomic E-state index is 12.3. The van der Waals surface area contributed by atoms with E-state index in [-0.39, 0.29) is 10.8 Å². The molecular weight excluding hydrogens is 322 g/mol. The van der Waals surface area contributed by atoms with Crippen molar-refractivity contribution in [1.82, 2.24) is 5.32 Å². The lowest BCUT2D eigenvalue weighted by Crippen LogP contribution is -2.25. The standard InChI is InChI=1S/C19H23NO3S/c1-15-11-12-17(24(2,22)23)14-18(15)19(21)20-13-7-6-10-16-8-4-3-5-9-16/h3-5,8-9,11-12,14H,6-7,10,13H2,1-2H3,(H,20,21). The maximum Gasteiger partial charge on any atom is 0.251 e. The van der Waals surface area contributed by atoms with E-state index in [1.165, 1.54) is 17.7 Å². The van der Waals surface area contributed by atoms with Crippen LogP contribution < -0.4 is 5.32 Å². The molecule has 1 amide bonds. The van der Waals surface area contributed by atoms with E-state index < -0.39 is 9.84 Å². The summed E-state index contributed by atoms with van der Waals surface area (Å²) < 4.78 is 23.2. The van der Waals surface area contributed by atoms with Gasteiger partial charge in [0, 0.05) is 18.4 Å². The molecule has 2 aromatic carbocycles. The minimum atomic E-state index is -3.32. The van der Waals surface area contributed by atoms with Crippen LogP contribution in [0.4, 0.5) is 0 Å². The smallest absolute Gasteiger partial charge is 0.251 e. The first-order valence-electron chi connectivity index (χ1n) is 8.01. The van der Waals surface area contributed by atoms with Crippen LogP contribution in [0.2, 0.25) is 0 Å². The van der Waals surface area contributed by atoms with Crippen molar-refractivity contribution in [2.45, 2.75) is 31.1 Å². The van der Waals surface area contributed by atoms with Crippen LogP contribution in [0.25, 0.3) is 0 Å². The summed E-state index contributed by atoms with van der Waals surface area (Å²) in [7, 11) is -3.32. The van der Waals surface area contributed by atoms with Crippen molar-refractivity contribution >= 4 is 15.7 Å². The fourth-order valence-corrected chi connectivity index (χ4v) is 3.12. The zero-order valence-electron chi connectivity index (χ0n) is 14.1. The Morgan fingerprint density at radius 1 is 1.04 bits per heavy atom. The van der Waals surface area contributed by atoms with Crippen molar-refractivity contribution < 1.29 is 13.2 Å². The van der Waals surface area contributed by atoms with E-state index in [4.69, 9.17) is 0 Å². The average Bonchev–Trinajstić information content (AvgIpc) is 2.54. The third-order valence-corrected chi connectivity index (χ3v) is 5.01. The second kappa shape index (κ2) is 8.11. The number of rotatable bonds is 7. The van der Waals surface area contributed by atoms with Gasteiger partial charge in [-0.15, -0.1) is 0 Å². The molecule has 24 heavy (non-hydrogen) atoms. The van der Waals surface area contributed by atoms with Crippen molar-refractivity contribution in [1.29, 1.82) is 0 Å². The van der Waals surface area contributed by atoms with Crippen LogP contribution >= 0.6 is 0 Å². The summed E-state index contributed by atoms with van der Waals surface area (Å²) in [4.78, 5) is 12.4. The summed E-state index contributed by atoms with van der Waals surface area (Å²) in [5.41, 5.74) is 2.48. The normalized spacial score (nSPS) is 11.2. The van der Waals surface area contributed by atoms with E-state index in [9.17, 15) is 13.2 Å². The molecule has 0 aliphatic carbocycles. The van der Waals surface area contributed by atoms with Crippen molar-refractivity contribution in [2.24, 2.45) is 0 Å². The van der Waals surface area contributed by atoms with E-state index in [1.54, 1.807) is 13.0 Å². The van der Waals surface area contributed by atoms with Crippen LogP contribution in [-0.2, 0) is 16.3 Å². The molecule has 1 N–H and O–H groups in total. The molecule has 0 radical (unpaired) electrons. The first kappa shape index (κ1) is 18.2. The highest BCUT2D eigenvalue weighted by molar-refractivity contribution is 7.90. The summed E-state index contributed by atoms with van der Waals surface area (Å²) in [6.07, 6.45) is 4.00. The summed E-state index contributed by atoms with van der Waals surface area (Å²) in [5.74, 6) is -0.224. The van der Waals surface area contributed by atoms with Crippen LogP contribution in [0.1, 0.15) is 34.3 Å². The van der Waals surface area contributed by atoms with Crippen LogP contribution in [0.3, 0.4) is 0 Å². The third-order valence-electron chi connectivity index (χ3n) is 3.90. The number of aryl methyl sites for hydroxylation is 2. The van der Waals surface area contributed by atoms with Crippen LogP contribution in [0, 0.1) is 6.92 Å². The van der Waals surface area contributed by atoms with Gasteiger partial charge in [-0.2, -0.15) is 0 Å². The topological polar surface area (TPSA) is 63.2 Å². The predicted octanol–water partition coefficient (Wildman–Crippen LogP) is 3.15. The molecule has 0 atom stereocenters. The lowest BCUT2D eigenvalue weighted by molar-refractivity contribution is 0.0952. The van der Waals surface area contributed by atoms with Crippen LogP contribution in [0.5, 0.6) is 0 Å². The Morgan fingerprint density at radius 3 is 2.42 bits per heavy atom. The molecule has 0 aromatic heterocycles. The predicted molar refractivity (Wildman–Crippen MR) is 96.0 cm³/mol. The highest BCUT2D eigenvalue weighted by Crippen LogP contribution is 2.15. The van der Waals surface area contributed by atoms with Gasteiger partial charge in [0.15, 0.2) is 9.84 Å². The molecule has 4 nitrogen and oxygen atoms in total. The quantitative estimate of drug-likeness (QED) is 0.784. The maximum atomic E-state index is 12.3. The Morgan fingerprint density at radius 2 is 1.75 bits per heavy atom. The van der Waals surface area contributed by atoms with Gasteiger partial charge < -0.3 is 5.32 Å². The van der Waals surface area contributed by atoms with E-state index in [1.807, 2.05) is 18.2 Å². The SMILES string of the molecule is Cc1ccc(S(C)(=O)=O)cc1C(=O)NCCCCc1ccccc1. The highest BCUT2D eigenvalue weighted by atomic mass is 32.2. The molecule has 0 fully saturated rings. The molecular formula is C19H23NO3S. The van der Waals surface area contributed by atoms with Gasteiger partial charge >= 0.3 is 0 Å². The minimum absolute atomic E-state index is 0.169. The van der Waals surface area contributed by atoms with Crippen molar-refractivity contribution in [3.8, 4) is 0 Å². The number of carbonyl (C=O) groups is 1. The summed E-state index contributed by atoms with van der Waals surface area (Å²) >= 11 is 0. The van der Waals surface area contributed by atoms with Crippen molar-refractivity contribution in [3.63, 3.8) is 0 Å². The van der Waals surface area contributed by atoms with Gasteiger partial charge in [-0.3, -0.25) is 4.79 Å².